The monoisotopic (exact) mass is 344 g/mol. The van der Waals surface area contributed by atoms with Gasteiger partial charge in [0.15, 0.2) is 0 Å². The average Bonchev–Trinajstić information content (AvgIpc) is 2.49. The van der Waals surface area contributed by atoms with Gasteiger partial charge in [-0.05, 0) is 41.7 Å². The largest absolute Gasteiger partial charge is 0.363 e. The zero-order chi connectivity index (χ0) is 14.8. The number of nitrogens with two attached hydrogens (primary N) is 1. The lowest BCUT2D eigenvalue weighted by Crippen LogP contribution is -2.40. The first-order chi connectivity index (χ1) is 10.2. The van der Waals surface area contributed by atoms with Gasteiger partial charge >= 0.3 is 0 Å². The van der Waals surface area contributed by atoms with E-state index in [-0.39, 0.29) is 6.04 Å². The van der Waals surface area contributed by atoms with E-state index < -0.39 is 0 Å². The van der Waals surface area contributed by atoms with Crippen LogP contribution in [-0.2, 0) is 6.42 Å². The highest BCUT2D eigenvalue weighted by Crippen LogP contribution is 2.35. The molecule has 3 heteroatoms. The number of halogens is 1. The van der Waals surface area contributed by atoms with Gasteiger partial charge in [0.1, 0.15) is 0 Å². The molecule has 3 rings (SSSR count). The maximum Gasteiger partial charge on any atom is 0.0665 e. The summed E-state index contributed by atoms with van der Waals surface area (Å²) in [5, 5.41) is 0. The Bertz CT molecular complexity index is 609. The van der Waals surface area contributed by atoms with Gasteiger partial charge in [-0.1, -0.05) is 53.2 Å². The second kappa shape index (κ2) is 6.20. The summed E-state index contributed by atoms with van der Waals surface area (Å²) in [6, 6.07) is 17.5. The molecule has 0 amide bonds. The number of anilines is 1. The molecule has 0 fully saturated rings. The molecule has 0 radical (unpaired) electrons. The molecule has 0 saturated heterocycles. The van der Waals surface area contributed by atoms with E-state index in [9.17, 15) is 0 Å². The number of rotatable bonds is 3. The molecule has 2 aromatic rings. The lowest BCUT2D eigenvalue weighted by molar-refractivity contribution is 0.490. The van der Waals surface area contributed by atoms with Crippen molar-refractivity contribution >= 4 is 21.6 Å². The van der Waals surface area contributed by atoms with Crippen molar-refractivity contribution in [3.05, 3.63) is 64.1 Å². The van der Waals surface area contributed by atoms with Gasteiger partial charge in [0.2, 0.25) is 0 Å². The van der Waals surface area contributed by atoms with Crippen LogP contribution in [0, 0.1) is 5.92 Å². The SMILES string of the molecule is CC1Cc2ccccc2N(C(CN)c2ccc(Br)cc2)C1. The molecular formula is C18H21BrN2. The fraction of sp³-hybridized carbons (Fsp3) is 0.333. The van der Waals surface area contributed by atoms with E-state index in [1.807, 2.05) is 0 Å². The highest BCUT2D eigenvalue weighted by molar-refractivity contribution is 9.10. The molecule has 0 aromatic heterocycles. The predicted molar refractivity (Wildman–Crippen MR) is 92.6 cm³/mol. The number of nitrogens with zero attached hydrogens (tertiary/aromatic N) is 1. The third-order valence-corrected chi connectivity index (χ3v) is 4.76. The second-order valence-corrected chi connectivity index (χ2v) is 6.81. The van der Waals surface area contributed by atoms with Gasteiger partial charge in [-0.2, -0.15) is 0 Å². The summed E-state index contributed by atoms with van der Waals surface area (Å²) in [6.45, 7) is 4.01. The molecule has 2 nitrogen and oxygen atoms in total. The van der Waals surface area contributed by atoms with Gasteiger partial charge in [-0.3, -0.25) is 0 Å². The maximum atomic E-state index is 6.12. The van der Waals surface area contributed by atoms with Crippen molar-refractivity contribution < 1.29 is 0 Å². The fourth-order valence-corrected chi connectivity index (χ4v) is 3.53. The first kappa shape index (κ1) is 14.6. The molecular weight excluding hydrogens is 324 g/mol. The van der Waals surface area contributed by atoms with Crippen molar-refractivity contribution in [2.45, 2.75) is 19.4 Å². The third kappa shape index (κ3) is 2.99. The van der Waals surface area contributed by atoms with Crippen LogP contribution in [0.5, 0.6) is 0 Å². The molecule has 1 aliphatic heterocycles. The number of hydrogen-bond acceptors (Lipinski definition) is 2. The lowest BCUT2D eigenvalue weighted by atomic mass is 9.91. The first-order valence-corrected chi connectivity index (χ1v) is 8.28. The Balaban J connectivity index is 1.99. The Hall–Kier alpha value is -1.32. The van der Waals surface area contributed by atoms with Crippen LogP contribution in [0.15, 0.2) is 53.0 Å². The maximum absolute atomic E-state index is 6.12. The summed E-state index contributed by atoms with van der Waals surface area (Å²) in [6.07, 6.45) is 1.16. The molecule has 0 spiro atoms. The van der Waals surface area contributed by atoms with Crippen molar-refractivity contribution in [1.82, 2.24) is 0 Å². The molecule has 0 saturated carbocycles. The van der Waals surface area contributed by atoms with Gasteiger partial charge in [-0.25, -0.2) is 0 Å². The van der Waals surface area contributed by atoms with Crippen LogP contribution in [0.4, 0.5) is 5.69 Å². The number of fused-ring (bicyclic) bond motifs is 1. The van der Waals surface area contributed by atoms with E-state index >= 15 is 0 Å². The molecule has 0 aliphatic carbocycles. The minimum absolute atomic E-state index is 0.238. The minimum Gasteiger partial charge on any atom is -0.363 e. The molecule has 2 N–H and O–H groups in total. The average molecular weight is 345 g/mol. The number of hydrogen-bond donors (Lipinski definition) is 1. The van der Waals surface area contributed by atoms with Crippen LogP contribution >= 0.6 is 15.9 Å². The second-order valence-electron chi connectivity index (χ2n) is 5.89. The topological polar surface area (TPSA) is 29.3 Å². The molecule has 2 aromatic carbocycles. The molecule has 2 atom stereocenters. The van der Waals surface area contributed by atoms with E-state index in [1.54, 1.807) is 0 Å². The van der Waals surface area contributed by atoms with Crippen LogP contribution in [0.2, 0.25) is 0 Å². The van der Waals surface area contributed by atoms with Crippen LogP contribution in [0.3, 0.4) is 0 Å². The quantitative estimate of drug-likeness (QED) is 0.906. The van der Waals surface area contributed by atoms with Gasteiger partial charge in [0.25, 0.3) is 0 Å². The zero-order valence-corrected chi connectivity index (χ0v) is 13.9. The van der Waals surface area contributed by atoms with Gasteiger partial charge in [0.05, 0.1) is 6.04 Å². The molecule has 2 unspecified atom stereocenters. The van der Waals surface area contributed by atoms with Gasteiger partial charge in [-0.15, -0.1) is 0 Å². The summed E-state index contributed by atoms with van der Waals surface area (Å²) in [5.74, 6) is 0.657. The standard InChI is InChI=1S/C18H21BrN2/c1-13-10-15-4-2-3-5-17(15)21(12-13)18(11-20)14-6-8-16(19)9-7-14/h2-9,13,18H,10-12,20H2,1H3. The lowest BCUT2D eigenvalue weighted by Gasteiger charge is -2.40. The number of benzene rings is 2. The van der Waals surface area contributed by atoms with E-state index in [1.165, 1.54) is 16.8 Å². The van der Waals surface area contributed by atoms with Crippen molar-refractivity contribution in [1.29, 1.82) is 0 Å². The molecule has 0 bridgehead atoms. The van der Waals surface area contributed by atoms with Crippen molar-refractivity contribution in [2.75, 3.05) is 18.0 Å². The third-order valence-electron chi connectivity index (χ3n) is 4.23. The van der Waals surface area contributed by atoms with Crippen LogP contribution < -0.4 is 10.6 Å². The van der Waals surface area contributed by atoms with Crippen LogP contribution in [0.1, 0.15) is 24.1 Å². The number of para-hydroxylation sites is 1. The summed E-state index contributed by atoms with van der Waals surface area (Å²) in [4.78, 5) is 2.48. The van der Waals surface area contributed by atoms with Crippen molar-refractivity contribution in [3.8, 4) is 0 Å². The Morgan fingerprint density at radius 3 is 2.62 bits per heavy atom. The van der Waals surface area contributed by atoms with Crippen molar-refractivity contribution in [3.63, 3.8) is 0 Å². The van der Waals surface area contributed by atoms with E-state index in [0.29, 0.717) is 12.5 Å². The van der Waals surface area contributed by atoms with E-state index in [2.05, 4.69) is 76.3 Å². The predicted octanol–water partition coefficient (Wildman–Crippen LogP) is 4.15. The summed E-state index contributed by atoms with van der Waals surface area (Å²) in [5.41, 5.74) is 10.2. The van der Waals surface area contributed by atoms with Crippen LogP contribution in [-0.4, -0.2) is 13.1 Å². The van der Waals surface area contributed by atoms with Crippen LogP contribution in [0.25, 0.3) is 0 Å². The Morgan fingerprint density at radius 2 is 1.90 bits per heavy atom. The van der Waals surface area contributed by atoms with E-state index in [4.69, 9.17) is 5.73 Å². The normalized spacial score (nSPS) is 19.2. The minimum atomic E-state index is 0.238. The smallest absolute Gasteiger partial charge is 0.0665 e. The fourth-order valence-electron chi connectivity index (χ4n) is 3.26. The van der Waals surface area contributed by atoms with Crippen molar-refractivity contribution in [2.24, 2.45) is 11.7 Å². The molecule has 110 valence electrons. The molecule has 1 aliphatic rings. The van der Waals surface area contributed by atoms with Gasteiger partial charge < -0.3 is 10.6 Å². The molecule has 21 heavy (non-hydrogen) atoms. The highest BCUT2D eigenvalue weighted by Gasteiger charge is 2.27. The zero-order valence-electron chi connectivity index (χ0n) is 12.3. The first-order valence-electron chi connectivity index (χ1n) is 7.49. The Kier molecular flexibility index (Phi) is 4.32. The molecule has 1 heterocycles. The Labute approximate surface area is 135 Å². The van der Waals surface area contributed by atoms with E-state index in [0.717, 1.165) is 17.4 Å². The summed E-state index contributed by atoms with van der Waals surface area (Å²) >= 11 is 3.50. The summed E-state index contributed by atoms with van der Waals surface area (Å²) in [7, 11) is 0. The highest BCUT2D eigenvalue weighted by atomic mass is 79.9. The Morgan fingerprint density at radius 1 is 1.19 bits per heavy atom. The summed E-state index contributed by atoms with van der Waals surface area (Å²) < 4.78 is 1.11. The van der Waals surface area contributed by atoms with Gasteiger partial charge in [0, 0.05) is 23.2 Å².